The van der Waals surface area contributed by atoms with Gasteiger partial charge in [-0.3, -0.25) is 16.3 Å². The number of halogens is 2. The molecule has 21 heavy (non-hydrogen) atoms. The quantitative estimate of drug-likeness (QED) is 0.567. The lowest BCUT2D eigenvalue weighted by Gasteiger charge is -2.15. The van der Waals surface area contributed by atoms with Crippen LogP contribution in [0.3, 0.4) is 0 Å². The Balaban J connectivity index is 1.95. The summed E-state index contributed by atoms with van der Waals surface area (Å²) in [6.07, 6.45) is 6.93. The molecule has 0 aliphatic rings. The van der Waals surface area contributed by atoms with Crippen LogP contribution in [0, 0.1) is 11.6 Å². The molecule has 0 aliphatic carbocycles. The van der Waals surface area contributed by atoms with Crippen LogP contribution in [0.4, 0.5) is 8.78 Å². The van der Waals surface area contributed by atoms with E-state index in [0.717, 1.165) is 17.1 Å². The Morgan fingerprint density at radius 1 is 1.29 bits per heavy atom. The Kier molecular flexibility index (Phi) is 3.59. The molecule has 0 saturated heterocycles. The summed E-state index contributed by atoms with van der Waals surface area (Å²) in [7, 11) is 0. The zero-order valence-corrected chi connectivity index (χ0v) is 11.0. The van der Waals surface area contributed by atoms with E-state index in [9.17, 15) is 8.78 Å². The van der Waals surface area contributed by atoms with Gasteiger partial charge in [0.1, 0.15) is 11.6 Å². The third-order valence-corrected chi connectivity index (χ3v) is 3.37. The Labute approximate surface area is 119 Å². The van der Waals surface area contributed by atoms with E-state index in [2.05, 4.69) is 15.5 Å². The molecule has 3 rings (SSSR count). The lowest BCUT2D eigenvalue weighted by Crippen LogP contribution is -2.29. The van der Waals surface area contributed by atoms with Crippen LogP contribution in [-0.4, -0.2) is 14.6 Å². The second-order valence-electron chi connectivity index (χ2n) is 4.67. The van der Waals surface area contributed by atoms with Crippen LogP contribution in [0.25, 0.3) is 5.52 Å². The molecule has 1 unspecified atom stereocenters. The number of hydrazine groups is 1. The molecule has 0 spiro atoms. The molecule has 0 saturated carbocycles. The maximum Gasteiger partial charge on any atom is 0.129 e. The standard InChI is InChI=1S/C14H13F2N5/c15-10-2-1-9(12(16)6-10)5-13(20-17)11-7-19-21-4-3-18-8-14(11)21/h1-4,6-8,13,20H,5,17H2. The van der Waals surface area contributed by atoms with Gasteiger partial charge >= 0.3 is 0 Å². The molecule has 0 bridgehead atoms. The summed E-state index contributed by atoms with van der Waals surface area (Å²) in [4.78, 5) is 4.05. The molecule has 1 atom stereocenters. The van der Waals surface area contributed by atoms with Crippen LogP contribution < -0.4 is 11.3 Å². The first-order valence-electron chi connectivity index (χ1n) is 6.36. The summed E-state index contributed by atoms with van der Waals surface area (Å²) in [5.41, 5.74) is 4.60. The Morgan fingerprint density at radius 3 is 2.90 bits per heavy atom. The molecule has 0 amide bonds. The van der Waals surface area contributed by atoms with Crippen molar-refractivity contribution in [3.63, 3.8) is 0 Å². The van der Waals surface area contributed by atoms with Crippen molar-refractivity contribution in [2.24, 2.45) is 5.84 Å². The third kappa shape index (κ3) is 2.61. The zero-order valence-electron chi connectivity index (χ0n) is 11.0. The first-order valence-corrected chi connectivity index (χ1v) is 6.36. The van der Waals surface area contributed by atoms with Crippen LogP contribution >= 0.6 is 0 Å². The third-order valence-electron chi connectivity index (χ3n) is 3.37. The average molecular weight is 289 g/mol. The largest absolute Gasteiger partial charge is 0.271 e. The first kappa shape index (κ1) is 13.6. The lowest BCUT2D eigenvalue weighted by molar-refractivity contribution is 0.524. The fraction of sp³-hybridized carbons (Fsp3) is 0.143. The van der Waals surface area contributed by atoms with Gasteiger partial charge in [0.15, 0.2) is 0 Å². The Bertz CT molecular complexity index is 771. The molecule has 3 N–H and O–H groups in total. The van der Waals surface area contributed by atoms with Crippen molar-refractivity contribution in [2.75, 3.05) is 0 Å². The second-order valence-corrected chi connectivity index (χ2v) is 4.67. The number of nitrogens with zero attached hydrogens (tertiary/aromatic N) is 3. The van der Waals surface area contributed by atoms with Crippen molar-refractivity contribution < 1.29 is 8.78 Å². The highest BCUT2D eigenvalue weighted by molar-refractivity contribution is 5.53. The molecule has 1 aromatic carbocycles. The van der Waals surface area contributed by atoms with Crippen molar-refractivity contribution in [3.05, 3.63) is 65.7 Å². The Morgan fingerprint density at radius 2 is 2.14 bits per heavy atom. The van der Waals surface area contributed by atoms with Crippen molar-refractivity contribution in [3.8, 4) is 0 Å². The number of nitrogens with one attached hydrogen (secondary N) is 1. The van der Waals surface area contributed by atoms with Gasteiger partial charge < -0.3 is 0 Å². The molecule has 5 nitrogen and oxygen atoms in total. The van der Waals surface area contributed by atoms with Gasteiger partial charge in [-0.25, -0.2) is 13.3 Å². The number of hydrogen-bond acceptors (Lipinski definition) is 4. The molecule has 0 aliphatic heterocycles. The smallest absolute Gasteiger partial charge is 0.129 e. The maximum absolute atomic E-state index is 13.8. The summed E-state index contributed by atoms with van der Waals surface area (Å²) < 4.78 is 28.4. The highest BCUT2D eigenvalue weighted by atomic mass is 19.1. The molecular weight excluding hydrogens is 276 g/mol. The fourth-order valence-electron chi connectivity index (χ4n) is 2.29. The van der Waals surface area contributed by atoms with Crippen LogP contribution in [0.5, 0.6) is 0 Å². The first-order chi connectivity index (χ1) is 10.2. The number of benzene rings is 1. The topological polar surface area (TPSA) is 68.2 Å². The van der Waals surface area contributed by atoms with E-state index in [1.165, 1.54) is 12.1 Å². The highest BCUT2D eigenvalue weighted by Crippen LogP contribution is 2.23. The number of rotatable bonds is 4. The molecule has 2 aromatic heterocycles. The molecule has 2 heterocycles. The summed E-state index contributed by atoms with van der Waals surface area (Å²) >= 11 is 0. The maximum atomic E-state index is 13.8. The zero-order chi connectivity index (χ0) is 14.8. The van der Waals surface area contributed by atoms with Crippen molar-refractivity contribution in [2.45, 2.75) is 12.5 Å². The summed E-state index contributed by atoms with van der Waals surface area (Å²) in [5.74, 6) is 4.38. The molecule has 3 aromatic rings. The fourth-order valence-corrected chi connectivity index (χ4v) is 2.29. The molecule has 7 heteroatoms. The molecular formula is C14H13F2N5. The molecule has 0 fully saturated rings. The van der Waals surface area contributed by atoms with Crippen LogP contribution in [0.15, 0.2) is 43.0 Å². The number of hydrogen-bond donors (Lipinski definition) is 2. The number of nitrogens with two attached hydrogens (primary N) is 1. The van der Waals surface area contributed by atoms with Gasteiger partial charge in [-0.1, -0.05) is 6.07 Å². The highest BCUT2D eigenvalue weighted by Gasteiger charge is 2.17. The predicted molar refractivity (Wildman–Crippen MR) is 73.1 cm³/mol. The van der Waals surface area contributed by atoms with Crippen LogP contribution in [0.1, 0.15) is 17.2 Å². The Hall–Kier alpha value is -2.38. The van der Waals surface area contributed by atoms with E-state index in [4.69, 9.17) is 5.84 Å². The summed E-state index contributed by atoms with van der Waals surface area (Å²) in [6, 6.07) is 3.15. The van der Waals surface area contributed by atoms with Gasteiger partial charge in [-0.2, -0.15) is 5.10 Å². The van der Waals surface area contributed by atoms with Crippen molar-refractivity contribution >= 4 is 5.52 Å². The summed E-state index contributed by atoms with van der Waals surface area (Å²) in [5, 5.41) is 4.19. The van der Waals surface area contributed by atoms with E-state index in [1.54, 1.807) is 29.3 Å². The van der Waals surface area contributed by atoms with Crippen molar-refractivity contribution in [1.29, 1.82) is 0 Å². The van der Waals surface area contributed by atoms with Gasteiger partial charge in [0, 0.05) is 24.0 Å². The number of fused-ring (bicyclic) bond motifs is 1. The normalized spacial score (nSPS) is 12.7. The molecule has 0 radical (unpaired) electrons. The lowest BCUT2D eigenvalue weighted by atomic mass is 10.0. The van der Waals surface area contributed by atoms with E-state index in [1.807, 2.05) is 0 Å². The minimum Gasteiger partial charge on any atom is -0.271 e. The second kappa shape index (κ2) is 5.55. The van der Waals surface area contributed by atoms with E-state index >= 15 is 0 Å². The van der Waals surface area contributed by atoms with Gasteiger partial charge in [-0.05, 0) is 18.1 Å². The van der Waals surface area contributed by atoms with Crippen molar-refractivity contribution in [1.82, 2.24) is 20.0 Å². The predicted octanol–water partition coefficient (Wildman–Crippen LogP) is 1.75. The average Bonchev–Trinajstić information content (AvgIpc) is 2.91. The van der Waals surface area contributed by atoms with Gasteiger partial charge in [0.05, 0.1) is 24.0 Å². The van der Waals surface area contributed by atoms with E-state index in [-0.39, 0.29) is 12.5 Å². The summed E-state index contributed by atoms with van der Waals surface area (Å²) in [6.45, 7) is 0. The van der Waals surface area contributed by atoms with E-state index in [0.29, 0.717) is 5.56 Å². The van der Waals surface area contributed by atoms with Crippen LogP contribution in [-0.2, 0) is 6.42 Å². The van der Waals surface area contributed by atoms with Gasteiger partial charge in [0.25, 0.3) is 0 Å². The van der Waals surface area contributed by atoms with Gasteiger partial charge in [0.2, 0.25) is 0 Å². The number of aromatic nitrogens is 3. The monoisotopic (exact) mass is 289 g/mol. The minimum atomic E-state index is -0.603. The van der Waals surface area contributed by atoms with Crippen LogP contribution in [0.2, 0.25) is 0 Å². The minimum absolute atomic E-state index is 0.277. The van der Waals surface area contributed by atoms with Gasteiger partial charge in [-0.15, -0.1) is 0 Å². The van der Waals surface area contributed by atoms with E-state index < -0.39 is 11.6 Å². The molecule has 108 valence electrons. The SMILES string of the molecule is NNC(Cc1ccc(F)cc1F)c1cnn2ccncc12.